The quantitative estimate of drug-likeness (QED) is 0.313. The summed E-state index contributed by atoms with van der Waals surface area (Å²) in [7, 11) is 0. The maximum absolute atomic E-state index is 9.86. The van der Waals surface area contributed by atoms with Gasteiger partial charge in [-0.3, -0.25) is 0 Å². The molecule has 10 heavy (non-hydrogen) atoms. The van der Waals surface area contributed by atoms with Gasteiger partial charge in [-0.1, -0.05) is 5.57 Å². The van der Waals surface area contributed by atoms with E-state index in [1.54, 1.807) is 6.92 Å². The zero-order valence-electron chi connectivity index (χ0n) is 6.80. The molecule has 0 fully saturated rings. The second kappa shape index (κ2) is 3.93. The standard InChI is InChI=1S/C7H12N2O/c1-5(2)6(3)8-7(4)9-10/h1-4H3. The molecule has 0 rings (SSSR count). The van der Waals surface area contributed by atoms with Gasteiger partial charge in [0.25, 0.3) is 0 Å². The Labute approximate surface area is 60.8 Å². The number of allylic oxidation sites excluding steroid dienone is 2. The summed E-state index contributed by atoms with van der Waals surface area (Å²) in [5.74, 6) is 0.277. The molecular weight excluding hydrogens is 128 g/mol. The molecule has 0 unspecified atom stereocenters. The highest BCUT2D eigenvalue weighted by Gasteiger charge is 1.90. The van der Waals surface area contributed by atoms with Crippen molar-refractivity contribution < 1.29 is 0 Å². The van der Waals surface area contributed by atoms with Crippen molar-refractivity contribution in [1.82, 2.24) is 0 Å². The number of hydrogen-bond acceptors (Lipinski definition) is 2. The first kappa shape index (κ1) is 9.01. The van der Waals surface area contributed by atoms with E-state index in [1.807, 2.05) is 20.8 Å². The van der Waals surface area contributed by atoms with Crippen LogP contribution in [0.4, 0.5) is 0 Å². The number of nitrogens with zero attached hydrogens (tertiary/aromatic N) is 2. The van der Waals surface area contributed by atoms with Crippen LogP contribution in [0, 0.1) is 4.91 Å². The van der Waals surface area contributed by atoms with Gasteiger partial charge in [-0.2, -0.15) is 0 Å². The van der Waals surface area contributed by atoms with Gasteiger partial charge in [0.1, 0.15) is 0 Å². The lowest BCUT2D eigenvalue weighted by atomic mass is 10.3. The third kappa shape index (κ3) is 3.12. The van der Waals surface area contributed by atoms with Crippen LogP contribution in [0.25, 0.3) is 0 Å². The minimum atomic E-state index is 0.277. The Hall–Kier alpha value is -0.990. The van der Waals surface area contributed by atoms with Gasteiger partial charge in [0.15, 0.2) is 5.84 Å². The molecule has 0 bridgehead atoms. The molecule has 3 nitrogen and oxygen atoms in total. The van der Waals surface area contributed by atoms with E-state index in [4.69, 9.17) is 0 Å². The molecule has 0 saturated carbocycles. The average Bonchev–Trinajstić information content (AvgIpc) is 1.87. The molecule has 0 atom stereocenters. The van der Waals surface area contributed by atoms with Crippen LogP contribution in [-0.4, -0.2) is 5.84 Å². The third-order valence-electron chi connectivity index (χ3n) is 1.19. The minimum Gasteiger partial charge on any atom is -0.235 e. The van der Waals surface area contributed by atoms with Crippen LogP contribution in [0.5, 0.6) is 0 Å². The molecule has 0 aliphatic heterocycles. The molecule has 0 saturated heterocycles. The van der Waals surface area contributed by atoms with Crippen molar-refractivity contribution in [3.05, 3.63) is 16.2 Å². The summed E-state index contributed by atoms with van der Waals surface area (Å²) >= 11 is 0. The molecule has 0 aliphatic carbocycles. The van der Waals surface area contributed by atoms with E-state index in [9.17, 15) is 4.91 Å². The Morgan fingerprint density at radius 3 is 1.90 bits per heavy atom. The maximum atomic E-state index is 9.86. The van der Waals surface area contributed by atoms with E-state index in [0.717, 1.165) is 11.3 Å². The molecule has 0 N–H and O–H groups in total. The topological polar surface area (TPSA) is 41.8 Å². The van der Waals surface area contributed by atoms with E-state index in [0.29, 0.717) is 0 Å². The first-order chi connectivity index (χ1) is 4.57. The predicted octanol–water partition coefficient (Wildman–Crippen LogP) is 2.49. The SMILES string of the molecule is CC(N=O)=NC(C)=C(C)C. The Morgan fingerprint density at radius 1 is 1.10 bits per heavy atom. The van der Waals surface area contributed by atoms with Crippen LogP contribution in [0.2, 0.25) is 0 Å². The lowest BCUT2D eigenvalue weighted by Crippen LogP contribution is -1.84. The van der Waals surface area contributed by atoms with Crippen LogP contribution < -0.4 is 0 Å². The molecule has 0 spiro atoms. The Morgan fingerprint density at radius 2 is 1.60 bits per heavy atom. The van der Waals surface area contributed by atoms with Crippen molar-refractivity contribution in [3.63, 3.8) is 0 Å². The average molecular weight is 140 g/mol. The van der Waals surface area contributed by atoms with Gasteiger partial charge in [-0.15, -0.1) is 4.91 Å². The van der Waals surface area contributed by atoms with Crippen molar-refractivity contribution in [2.24, 2.45) is 10.2 Å². The van der Waals surface area contributed by atoms with E-state index in [-0.39, 0.29) is 5.84 Å². The maximum Gasteiger partial charge on any atom is 0.169 e. The number of rotatable bonds is 1. The number of amidine groups is 1. The highest BCUT2D eigenvalue weighted by Crippen LogP contribution is 2.03. The molecule has 0 radical (unpaired) electrons. The Bertz CT molecular complexity index is 188. The molecule has 0 aromatic carbocycles. The third-order valence-corrected chi connectivity index (χ3v) is 1.19. The summed E-state index contributed by atoms with van der Waals surface area (Å²) in [6.07, 6.45) is 0. The van der Waals surface area contributed by atoms with Crippen LogP contribution in [0.15, 0.2) is 21.4 Å². The summed E-state index contributed by atoms with van der Waals surface area (Å²) in [4.78, 5) is 13.8. The zero-order chi connectivity index (χ0) is 8.15. The Kier molecular flexibility index (Phi) is 3.54. The van der Waals surface area contributed by atoms with Crippen LogP contribution in [0.3, 0.4) is 0 Å². The molecule has 0 aromatic heterocycles. The normalized spacial score (nSPS) is 11.0. The van der Waals surface area contributed by atoms with E-state index >= 15 is 0 Å². The fourth-order valence-corrected chi connectivity index (χ4v) is 0.375. The fraction of sp³-hybridized carbons (Fsp3) is 0.571. The summed E-state index contributed by atoms with van der Waals surface area (Å²) in [6.45, 7) is 7.32. The number of hydrogen-bond donors (Lipinski definition) is 0. The van der Waals surface area contributed by atoms with Gasteiger partial charge in [0.05, 0.1) is 0 Å². The molecule has 0 aromatic rings. The lowest BCUT2D eigenvalue weighted by molar-refractivity contribution is 1.18. The highest BCUT2D eigenvalue weighted by atomic mass is 16.3. The molecule has 3 heteroatoms. The monoisotopic (exact) mass is 140 g/mol. The van der Waals surface area contributed by atoms with Crippen molar-refractivity contribution in [2.45, 2.75) is 27.7 Å². The van der Waals surface area contributed by atoms with Crippen molar-refractivity contribution in [3.8, 4) is 0 Å². The smallest absolute Gasteiger partial charge is 0.169 e. The highest BCUT2D eigenvalue weighted by molar-refractivity contribution is 5.81. The summed E-state index contributed by atoms with van der Waals surface area (Å²) in [5, 5.41) is 2.68. The van der Waals surface area contributed by atoms with Crippen LogP contribution >= 0.6 is 0 Å². The van der Waals surface area contributed by atoms with Gasteiger partial charge in [-0.05, 0) is 32.9 Å². The van der Waals surface area contributed by atoms with Crippen molar-refractivity contribution in [1.29, 1.82) is 0 Å². The van der Waals surface area contributed by atoms with Crippen molar-refractivity contribution in [2.75, 3.05) is 0 Å². The molecule has 0 heterocycles. The van der Waals surface area contributed by atoms with E-state index < -0.39 is 0 Å². The van der Waals surface area contributed by atoms with Gasteiger partial charge >= 0.3 is 0 Å². The van der Waals surface area contributed by atoms with E-state index in [1.165, 1.54) is 0 Å². The summed E-state index contributed by atoms with van der Waals surface area (Å²) < 4.78 is 0. The summed E-state index contributed by atoms with van der Waals surface area (Å²) in [5.41, 5.74) is 1.96. The van der Waals surface area contributed by atoms with Crippen molar-refractivity contribution >= 4 is 5.84 Å². The largest absolute Gasteiger partial charge is 0.235 e. The molecular formula is C7H12N2O. The fourth-order valence-electron chi connectivity index (χ4n) is 0.375. The van der Waals surface area contributed by atoms with Gasteiger partial charge < -0.3 is 0 Å². The van der Waals surface area contributed by atoms with Crippen LogP contribution in [-0.2, 0) is 0 Å². The molecule has 0 amide bonds. The second-order valence-corrected chi connectivity index (χ2v) is 2.34. The van der Waals surface area contributed by atoms with Crippen LogP contribution in [0.1, 0.15) is 27.7 Å². The zero-order valence-corrected chi connectivity index (χ0v) is 6.80. The van der Waals surface area contributed by atoms with E-state index in [2.05, 4.69) is 10.2 Å². The minimum absolute atomic E-state index is 0.277. The molecule has 56 valence electrons. The lowest BCUT2D eigenvalue weighted by Gasteiger charge is -1.93. The second-order valence-electron chi connectivity index (χ2n) is 2.34. The summed E-state index contributed by atoms with van der Waals surface area (Å²) in [6, 6.07) is 0. The number of aliphatic imine (C=N–C) groups is 1. The predicted molar refractivity (Wildman–Crippen MR) is 43.0 cm³/mol. The first-order valence-electron chi connectivity index (χ1n) is 3.10. The Balaban J connectivity index is 4.42. The number of nitroso groups, excluding NO2 is 1. The van der Waals surface area contributed by atoms with Gasteiger partial charge in [0, 0.05) is 5.70 Å². The van der Waals surface area contributed by atoms with Gasteiger partial charge in [0.2, 0.25) is 0 Å². The van der Waals surface area contributed by atoms with Gasteiger partial charge in [-0.25, -0.2) is 4.99 Å². The first-order valence-corrected chi connectivity index (χ1v) is 3.10. The molecule has 0 aliphatic rings.